The molecule has 0 spiro atoms. The molecule has 0 aliphatic carbocycles. The molecule has 20 heavy (non-hydrogen) atoms. The smallest absolute Gasteiger partial charge is 0.332 e. The Morgan fingerprint density at radius 2 is 1.65 bits per heavy atom. The van der Waals surface area contributed by atoms with Crippen molar-refractivity contribution in [1.82, 2.24) is 4.98 Å². The van der Waals surface area contributed by atoms with E-state index in [4.69, 9.17) is 12.2 Å². The first-order valence-electron chi connectivity index (χ1n) is 5.61. The number of benzene rings is 1. The lowest BCUT2D eigenvalue weighted by Gasteiger charge is -2.15. The summed E-state index contributed by atoms with van der Waals surface area (Å²) in [5, 5.41) is 5.40. The Hall–Kier alpha value is -2.15. The fraction of sp³-hybridized carbons (Fsp3) is 0.0769. The molecule has 1 aromatic heterocycles. The van der Waals surface area contributed by atoms with E-state index >= 15 is 0 Å². The third-order valence-electron chi connectivity index (χ3n) is 2.42. The van der Waals surface area contributed by atoms with Crippen LogP contribution in [0.4, 0.5) is 24.5 Å². The summed E-state index contributed by atoms with van der Waals surface area (Å²) in [5.41, 5.74) is -0.215. The number of nitrogens with one attached hydrogen (secondary N) is 2. The van der Waals surface area contributed by atoms with Gasteiger partial charge in [0.2, 0.25) is 0 Å². The van der Waals surface area contributed by atoms with Gasteiger partial charge in [-0.15, -0.1) is 0 Å². The molecule has 0 bridgehead atoms. The summed E-state index contributed by atoms with van der Waals surface area (Å²) in [6, 6.07) is 8.47. The molecule has 0 amide bonds. The molecule has 2 rings (SSSR count). The predicted molar refractivity (Wildman–Crippen MR) is 75.5 cm³/mol. The van der Waals surface area contributed by atoms with E-state index in [-0.39, 0.29) is 10.8 Å². The van der Waals surface area contributed by atoms with E-state index in [1.54, 1.807) is 24.5 Å². The highest BCUT2D eigenvalue weighted by Gasteiger charge is 2.33. The molecule has 104 valence electrons. The summed E-state index contributed by atoms with van der Waals surface area (Å²) in [6.07, 6.45) is -1.33. The van der Waals surface area contributed by atoms with Gasteiger partial charge >= 0.3 is 6.18 Å². The van der Waals surface area contributed by atoms with Crippen molar-refractivity contribution in [1.29, 1.82) is 0 Å². The number of thiocarbonyl (C=S) groups is 1. The van der Waals surface area contributed by atoms with Crippen LogP contribution < -0.4 is 10.6 Å². The van der Waals surface area contributed by atoms with Gasteiger partial charge in [0, 0.05) is 18.1 Å². The van der Waals surface area contributed by atoms with Crippen molar-refractivity contribution in [2.75, 3.05) is 10.6 Å². The van der Waals surface area contributed by atoms with Crippen molar-refractivity contribution in [3.8, 4) is 0 Å². The minimum atomic E-state index is -4.43. The van der Waals surface area contributed by atoms with Crippen LogP contribution >= 0.6 is 12.2 Å². The predicted octanol–water partition coefficient (Wildman–Crippen LogP) is 3.91. The van der Waals surface area contributed by atoms with Gasteiger partial charge < -0.3 is 10.6 Å². The largest absolute Gasteiger partial charge is 0.418 e. The van der Waals surface area contributed by atoms with E-state index in [1.807, 2.05) is 0 Å². The van der Waals surface area contributed by atoms with Gasteiger partial charge in [-0.2, -0.15) is 13.2 Å². The number of hydrogen-bond donors (Lipinski definition) is 2. The van der Waals surface area contributed by atoms with Crippen molar-refractivity contribution < 1.29 is 13.2 Å². The first kappa shape index (κ1) is 14.3. The zero-order chi connectivity index (χ0) is 14.6. The second-order valence-electron chi connectivity index (χ2n) is 3.86. The summed E-state index contributed by atoms with van der Waals surface area (Å²) in [4.78, 5) is 3.83. The van der Waals surface area contributed by atoms with Gasteiger partial charge in [0.05, 0.1) is 11.3 Å². The van der Waals surface area contributed by atoms with Crippen molar-refractivity contribution in [3.05, 3.63) is 54.4 Å². The molecule has 1 aromatic carbocycles. The molecule has 0 atom stereocenters. The minimum Gasteiger partial charge on any atom is -0.332 e. The number of pyridine rings is 1. The molecule has 0 saturated heterocycles. The molecule has 1 heterocycles. The molecule has 0 unspecified atom stereocenters. The fourth-order valence-corrected chi connectivity index (χ4v) is 1.79. The van der Waals surface area contributed by atoms with Crippen molar-refractivity contribution >= 4 is 28.7 Å². The van der Waals surface area contributed by atoms with Crippen LogP contribution in [0.1, 0.15) is 5.56 Å². The number of alkyl halides is 3. The molecule has 7 heteroatoms. The van der Waals surface area contributed by atoms with E-state index in [9.17, 15) is 13.2 Å². The van der Waals surface area contributed by atoms with Crippen LogP contribution in [0.3, 0.4) is 0 Å². The highest BCUT2D eigenvalue weighted by atomic mass is 32.1. The molecule has 0 fully saturated rings. The average molecular weight is 297 g/mol. The first-order valence-corrected chi connectivity index (χ1v) is 6.02. The van der Waals surface area contributed by atoms with Gasteiger partial charge in [0.15, 0.2) is 5.11 Å². The summed E-state index contributed by atoms with van der Waals surface area (Å²) < 4.78 is 38.4. The lowest BCUT2D eigenvalue weighted by molar-refractivity contribution is -0.136. The second kappa shape index (κ2) is 5.87. The summed E-state index contributed by atoms with van der Waals surface area (Å²) in [6.45, 7) is 0. The number of rotatable bonds is 2. The lowest BCUT2D eigenvalue weighted by Crippen LogP contribution is -2.21. The number of para-hydroxylation sites is 1. The van der Waals surface area contributed by atoms with Crippen LogP contribution in [0.5, 0.6) is 0 Å². The van der Waals surface area contributed by atoms with Gasteiger partial charge in [-0.3, -0.25) is 4.98 Å². The topological polar surface area (TPSA) is 37.0 Å². The van der Waals surface area contributed by atoms with Gasteiger partial charge in [0.25, 0.3) is 0 Å². The Labute approximate surface area is 118 Å². The molecule has 2 aromatic rings. The number of anilines is 2. The molecule has 3 nitrogen and oxygen atoms in total. The van der Waals surface area contributed by atoms with Gasteiger partial charge in [-0.1, -0.05) is 12.1 Å². The molecule has 2 N–H and O–H groups in total. The van der Waals surface area contributed by atoms with Gasteiger partial charge in [0.1, 0.15) is 0 Å². The van der Waals surface area contributed by atoms with Crippen LogP contribution in [0, 0.1) is 0 Å². The van der Waals surface area contributed by atoms with Crippen molar-refractivity contribution in [3.63, 3.8) is 0 Å². The Kier molecular flexibility index (Phi) is 4.19. The van der Waals surface area contributed by atoms with Gasteiger partial charge in [-0.25, -0.2) is 0 Å². The fourth-order valence-electron chi connectivity index (χ4n) is 1.56. The third kappa shape index (κ3) is 3.67. The normalized spacial score (nSPS) is 10.9. The van der Waals surface area contributed by atoms with Crippen LogP contribution in [-0.4, -0.2) is 10.1 Å². The Balaban J connectivity index is 2.13. The highest BCUT2D eigenvalue weighted by molar-refractivity contribution is 7.80. The molecule has 0 saturated carbocycles. The molecule has 0 aliphatic rings. The summed E-state index contributed by atoms with van der Waals surface area (Å²) >= 11 is 4.99. The van der Waals surface area contributed by atoms with Crippen LogP contribution in [0.15, 0.2) is 48.8 Å². The number of hydrogen-bond acceptors (Lipinski definition) is 2. The number of aromatic nitrogens is 1. The van der Waals surface area contributed by atoms with Crippen molar-refractivity contribution in [2.24, 2.45) is 0 Å². The van der Waals surface area contributed by atoms with E-state index < -0.39 is 11.7 Å². The zero-order valence-electron chi connectivity index (χ0n) is 10.1. The van der Waals surface area contributed by atoms with Crippen LogP contribution in [0.25, 0.3) is 0 Å². The Morgan fingerprint density at radius 3 is 2.30 bits per heavy atom. The average Bonchev–Trinajstić information content (AvgIpc) is 2.39. The summed E-state index contributed by atoms with van der Waals surface area (Å²) in [5.74, 6) is 0. The standard InChI is InChI=1S/C13H10F3N3S/c14-13(15,16)10-3-1-2-4-11(10)19-12(20)18-9-5-7-17-8-6-9/h1-8H,(H2,17,18,19,20). The Morgan fingerprint density at radius 1 is 1.00 bits per heavy atom. The lowest BCUT2D eigenvalue weighted by atomic mass is 10.1. The monoisotopic (exact) mass is 297 g/mol. The molecular formula is C13H10F3N3S. The van der Waals surface area contributed by atoms with Crippen LogP contribution in [-0.2, 0) is 6.18 Å². The second-order valence-corrected chi connectivity index (χ2v) is 4.27. The minimum absolute atomic E-state index is 0.0768. The maximum atomic E-state index is 12.8. The SMILES string of the molecule is FC(F)(F)c1ccccc1NC(=S)Nc1ccncc1. The van der Waals surface area contributed by atoms with E-state index in [2.05, 4.69) is 15.6 Å². The van der Waals surface area contributed by atoms with Gasteiger partial charge in [-0.05, 0) is 36.5 Å². The van der Waals surface area contributed by atoms with Crippen LogP contribution in [0.2, 0.25) is 0 Å². The van der Waals surface area contributed by atoms with E-state index in [0.29, 0.717) is 5.69 Å². The number of nitrogens with zero attached hydrogens (tertiary/aromatic N) is 1. The Bertz CT molecular complexity index is 599. The third-order valence-corrected chi connectivity index (χ3v) is 2.62. The quantitative estimate of drug-likeness (QED) is 0.824. The first-order chi connectivity index (χ1) is 9.47. The van der Waals surface area contributed by atoms with E-state index in [1.165, 1.54) is 18.2 Å². The maximum absolute atomic E-state index is 12.8. The molecular weight excluding hydrogens is 287 g/mol. The maximum Gasteiger partial charge on any atom is 0.418 e. The van der Waals surface area contributed by atoms with Crippen molar-refractivity contribution in [2.45, 2.75) is 6.18 Å². The van der Waals surface area contributed by atoms with E-state index in [0.717, 1.165) is 6.07 Å². The molecule has 0 aliphatic heterocycles. The summed E-state index contributed by atoms with van der Waals surface area (Å²) in [7, 11) is 0. The highest BCUT2D eigenvalue weighted by Crippen LogP contribution is 2.34. The zero-order valence-corrected chi connectivity index (χ0v) is 10.9. The number of halogens is 3. The molecule has 0 radical (unpaired) electrons.